The molecule has 1 heterocycles. The molecule has 0 amide bonds. The van der Waals surface area contributed by atoms with Gasteiger partial charge in [0.1, 0.15) is 0 Å². The molecule has 1 saturated carbocycles. The molecule has 0 spiro atoms. The quantitative estimate of drug-likeness (QED) is 0.796. The maximum absolute atomic E-state index is 5.30. The smallest absolute Gasteiger partial charge is 0.0589 e. The molecular weight excluding hydrogens is 260 g/mol. The average molecular weight is 288 g/mol. The first-order valence-corrected chi connectivity index (χ1v) is 8.39. The van der Waals surface area contributed by atoms with E-state index in [0.717, 1.165) is 32.2 Å². The number of nitrogens with one attached hydrogen (secondary N) is 1. The zero-order valence-electron chi connectivity index (χ0n) is 13.2. The lowest BCUT2D eigenvalue weighted by molar-refractivity contribution is 0.138. The van der Waals surface area contributed by atoms with Crippen molar-refractivity contribution in [1.82, 2.24) is 10.2 Å². The predicted molar refractivity (Wildman–Crippen MR) is 86.6 cm³/mol. The molecule has 1 N–H and O–H groups in total. The number of rotatable bonds is 8. The molecule has 2 aliphatic rings. The van der Waals surface area contributed by atoms with Crippen molar-refractivity contribution in [2.24, 2.45) is 0 Å². The van der Waals surface area contributed by atoms with Gasteiger partial charge in [-0.2, -0.15) is 0 Å². The fraction of sp³-hybridized carbons (Fsp3) is 0.667. The highest BCUT2D eigenvalue weighted by Crippen LogP contribution is 2.41. The fourth-order valence-corrected chi connectivity index (χ4v) is 3.39. The maximum atomic E-state index is 5.30. The minimum atomic E-state index is 0.662. The first-order valence-electron chi connectivity index (χ1n) is 8.39. The van der Waals surface area contributed by atoms with Gasteiger partial charge in [-0.05, 0) is 49.3 Å². The lowest BCUT2D eigenvalue weighted by Crippen LogP contribution is -2.38. The van der Waals surface area contributed by atoms with Crippen LogP contribution in [0.2, 0.25) is 0 Å². The van der Waals surface area contributed by atoms with Gasteiger partial charge in [0.05, 0.1) is 6.61 Å². The van der Waals surface area contributed by atoms with Gasteiger partial charge in [-0.25, -0.2) is 0 Å². The molecule has 1 aromatic carbocycles. The summed E-state index contributed by atoms with van der Waals surface area (Å²) in [5.41, 5.74) is 3.10. The summed E-state index contributed by atoms with van der Waals surface area (Å²) in [6.07, 6.45) is 5.38. The highest BCUT2D eigenvalue weighted by atomic mass is 16.5. The first kappa shape index (κ1) is 15.0. The van der Waals surface area contributed by atoms with E-state index in [-0.39, 0.29) is 0 Å². The maximum Gasteiger partial charge on any atom is 0.0589 e. The van der Waals surface area contributed by atoms with Gasteiger partial charge in [0.25, 0.3) is 0 Å². The molecule has 0 aromatic heterocycles. The van der Waals surface area contributed by atoms with E-state index in [1.165, 1.54) is 37.8 Å². The summed E-state index contributed by atoms with van der Waals surface area (Å²) in [7, 11) is 1.80. The van der Waals surface area contributed by atoms with Crippen LogP contribution >= 0.6 is 0 Å². The Bertz CT molecular complexity index is 439. The SMILES string of the molecule is COCCN(Cc1ccccc1C1CC1)CC1CCCN1. The minimum Gasteiger partial charge on any atom is -0.383 e. The van der Waals surface area contributed by atoms with E-state index in [9.17, 15) is 0 Å². The van der Waals surface area contributed by atoms with Crippen molar-refractivity contribution >= 4 is 0 Å². The van der Waals surface area contributed by atoms with Gasteiger partial charge in [-0.15, -0.1) is 0 Å². The monoisotopic (exact) mass is 288 g/mol. The molecule has 1 aliphatic heterocycles. The van der Waals surface area contributed by atoms with Crippen LogP contribution < -0.4 is 5.32 Å². The van der Waals surface area contributed by atoms with Crippen LogP contribution in [0.1, 0.15) is 42.7 Å². The van der Waals surface area contributed by atoms with Crippen LogP contribution in [0.15, 0.2) is 24.3 Å². The summed E-state index contributed by atoms with van der Waals surface area (Å²) >= 11 is 0. The van der Waals surface area contributed by atoms with Crippen molar-refractivity contribution in [3.63, 3.8) is 0 Å². The number of nitrogens with zero attached hydrogens (tertiary/aromatic N) is 1. The molecule has 1 aromatic rings. The Morgan fingerprint density at radius 1 is 1.24 bits per heavy atom. The molecule has 2 fully saturated rings. The van der Waals surface area contributed by atoms with E-state index in [0.29, 0.717) is 6.04 Å². The third-order valence-corrected chi connectivity index (χ3v) is 4.72. The standard InChI is InChI=1S/C18H28N2O/c1-21-12-11-20(14-17-6-4-10-19-17)13-16-5-2-3-7-18(16)15-8-9-15/h2-3,5,7,15,17,19H,4,6,8-14H2,1H3. The number of benzene rings is 1. The molecular formula is C18H28N2O. The highest BCUT2D eigenvalue weighted by molar-refractivity contribution is 5.33. The van der Waals surface area contributed by atoms with Crippen molar-refractivity contribution < 1.29 is 4.74 Å². The summed E-state index contributed by atoms with van der Waals surface area (Å²) in [6, 6.07) is 9.68. The van der Waals surface area contributed by atoms with Crippen LogP contribution in [0, 0.1) is 0 Å². The van der Waals surface area contributed by atoms with E-state index in [1.807, 2.05) is 0 Å². The van der Waals surface area contributed by atoms with E-state index in [1.54, 1.807) is 12.7 Å². The third kappa shape index (κ3) is 4.29. The van der Waals surface area contributed by atoms with Crippen LogP contribution in [0.3, 0.4) is 0 Å². The van der Waals surface area contributed by atoms with E-state index in [4.69, 9.17) is 4.74 Å². The predicted octanol–water partition coefficient (Wildman–Crippen LogP) is 2.76. The molecule has 3 nitrogen and oxygen atoms in total. The Labute approximate surface area is 128 Å². The van der Waals surface area contributed by atoms with Gasteiger partial charge in [0.2, 0.25) is 0 Å². The number of hydrogen-bond acceptors (Lipinski definition) is 3. The summed E-state index contributed by atoms with van der Waals surface area (Å²) in [5, 5.41) is 3.62. The minimum absolute atomic E-state index is 0.662. The van der Waals surface area contributed by atoms with E-state index < -0.39 is 0 Å². The first-order chi connectivity index (χ1) is 10.4. The van der Waals surface area contributed by atoms with E-state index in [2.05, 4.69) is 34.5 Å². The molecule has 1 atom stereocenters. The Morgan fingerprint density at radius 2 is 2.10 bits per heavy atom. The molecule has 0 radical (unpaired) electrons. The van der Waals surface area contributed by atoms with E-state index >= 15 is 0 Å². The zero-order chi connectivity index (χ0) is 14.5. The van der Waals surface area contributed by atoms with Crippen molar-refractivity contribution in [3.05, 3.63) is 35.4 Å². The van der Waals surface area contributed by atoms with Gasteiger partial charge < -0.3 is 10.1 Å². The summed E-state index contributed by atoms with van der Waals surface area (Å²) in [5.74, 6) is 0.829. The second kappa shape index (κ2) is 7.39. The van der Waals surface area contributed by atoms with Crippen LogP contribution in [0.4, 0.5) is 0 Å². The average Bonchev–Trinajstić information content (AvgIpc) is 3.23. The normalized spacial score (nSPS) is 22.1. The van der Waals surface area contributed by atoms with Gasteiger partial charge in [-0.1, -0.05) is 24.3 Å². The Balaban J connectivity index is 1.64. The molecule has 3 rings (SSSR count). The molecule has 1 aliphatic carbocycles. The summed E-state index contributed by atoms with van der Waals surface area (Å²) in [4.78, 5) is 2.56. The van der Waals surface area contributed by atoms with Gasteiger partial charge in [0, 0.05) is 32.8 Å². The molecule has 0 bridgehead atoms. The topological polar surface area (TPSA) is 24.5 Å². The highest BCUT2D eigenvalue weighted by Gasteiger charge is 2.26. The largest absolute Gasteiger partial charge is 0.383 e. The number of hydrogen-bond donors (Lipinski definition) is 1. The third-order valence-electron chi connectivity index (χ3n) is 4.72. The van der Waals surface area contributed by atoms with Crippen molar-refractivity contribution in [2.75, 3.05) is 33.4 Å². The van der Waals surface area contributed by atoms with Gasteiger partial charge in [-0.3, -0.25) is 4.90 Å². The van der Waals surface area contributed by atoms with Crippen molar-refractivity contribution in [1.29, 1.82) is 0 Å². The Morgan fingerprint density at radius 3 is 2.81 bits per heavy atom. The molecule has 116 valence electrons. The van der Waals surface area contributed by atoms with Crippen LogP contribution in [0.25, 0.3) is 0 Å². The van der Waals surface area contributed by atoms with Crippen molar-refractivity contribution in [3.8, 4) is 0 Å². The van der Waals surface area contributed by atoms with Gasteiger partial charge in [0.15, 0.2) is 0 Å². The molecule has 1 saturated heterocycles. The molecule has 3 heteroatoms. The Kier molecular flexibility index (Phi) is 5.28. The van der Waals surface area contributed by atoms with Crippen molar-refractivity contribution in [2.45, 2.75) is 44.2 Å². The lowest BCUT2D eigenvalue weighted by Gasteiger charge is -2.26. The number of ether oxygens (including phenoxy) is 1. The van der Waals surface area contributed by atoms with Crippen LogP contribution in [-0.2, 0) is 11.3 Å². The summed E-state index contributed by atoms with van der Waals surface area (Å²) in [6.45, 7) is 5.23. The lowest BCUT2D eigenvalue weighted by atomic mass is 10.0. The molecule has 21 heavy (non-hydrogen) atoms. The van der Waals surface area contributed by atoms with Crippen LogP contribution in [0.5, 0.6) is 0 Å². The Hall–Kier alpha value is -0.900. The van der Waals surface area contributed by atoms with Gasteiger partial charge >= 0.3 is 0 Å². The number of methoxy groups -OCH3 is 1. The molecule has 1 unspecified atom stereocenters. The second-order valence-electron chi connectivity index (χ2n) is 6.49. The fourth-order valence-electron chi connectivity index (χ4n) is 3.39. The van der Waals surface area contributed by atoms with Crippen LogP contribution in [-0.4, -0.2) is 44.3 Å². The second-order valence-corrected chi connectivity index (χ2v) is 6.49. The summed E-state index contributed by atoms with van der Waals surface area (Å²) < 4.78 is 5.30. The zero-order valence-corrected chi connectivity index (χ0v) is 13.2.